The predicted octanol–water partition coefficient (Wildman–Crippen LogP) is 1.97. The second-order valence-electron chi connectivity index (χ2n) is 7.25. The van der Waals surface area contributed by atoms with Gasteiger partial charge in [0.05, 0.1) is 0 Å². The van der Waals surface area contributed by atoms with E-state index in [-0.39, 0.29) is 11.8 Å². The van der Waals surface area contributed by atoms with Crippen LogP contribution in [-0.2, 0) is 9.59 Å². The van der Waals surface area contributed by atoms with Crippen LogP contribution in [0.4, 0.5) is 0 Å². The van der Waals surface area contributed by atoms with Crippen molar-refractivity contribution in [2.45, 2.75) is 71.8 Å². The fourth-order valence-electron chi connectivity index (χ4n) is 2.60. The number of carbonyl (C=O) groups is 2. The molecule has 1 saturated carbocycles. The normalized spacial score (nSPS) is 16.9. The van der Waals surface area contributed by atoms with Crippen molar-refractivity contribution >= 4 is 11.8 Å². The Hall–Kier alpha value is -1.10. The molecule has 128 valence electrons. The summed E-state index contributed by atoms with van der Waals surface area (Å²) in [6.07, 6.45) is 8.20. The molecule has 1 fully saturated rings. The zero-order chi connectivity index (χ0) is 16.4. The average Bonchev–Trinajstić information content (AvgIpc) is 2.71. The van der Waals surface area contributed by atoms with Gasteiger partial charge in [0.25, 0.3) is 0 Å². The van der Waals surface area contributed by atoms with Crippen molar-refractivity contribution < 1.29 is 9.59 Å². The fraction of sp³-hybridized carbons (Fsp3) is 0.882. The third kappa shape index (κ3) is 8.37. The van der Waals surface area contributed by atoms with Crippen LogP contribution in [0.1, 0.15) is 65.7 Å². The van der Waals surface area contributed by atoms with Crippen LogP contribution < -0.4 is 16.0 Å². The SMILES string of the molecule is CC(C)(C)C(=O)NCCC(=O)NCCNC1CCCCCC1. The zero-order valence-corrected chi connectivity index (χ0v) is 14.5. The van der Waals surface area contributed by atoms with Gasteiger partial charge in [-0.1, -0.05) is 46.5 Å². The average molecular weight is 311 g/mol. The lowest BCUT2D eigenvalue weighted by Crippen LogP contribution is -2.39. The van der Waals surface area contributed by atoms with E-state index in [1.807, 2.05) is 20.8 Å². The summed E-state index contributed by atoms with van der Waals surface area (Å²) in [4.78, 5) is 23.3. The highest BCUT2D eigenvalue weighted by Crippen LogP contribution is 2.16. The second kappa shape index (κ2) is 9.82. The van der Waals surface area contributed by atoms with E-state index < -0.39 is 5.41 Å². The van der Waals surface area contributed by atoms with Crippen LogP contribution in [-0.4, -0.2) is 37.5 Å². The summed E-state index contributed by atoms with van der Waals surface area (Å²) >= 11 is 0. The molecule has 0 aromatic heterocycles. The Balaban J connectivity index is 2.02. The van der Waals surface area contributed by atoms with E-state index in [1.54, 1.807) is 0 Å². The Morgan fingerprint density at radius 2 is 1.55 bits per heavy atom. The summed E-state index contributed by atoms with van der Waals surface area (Å²) in [6, 6.07) is 0.616. The van der Waals surface area contributed by atoms with Gasteiger partial charge >= 0.3 is 0 Å². The van der Waals surface area contributed by atoms with Gasteiger partial charge in [-0.15, -0.1) is 0 Å². The Morgan fingerprint density at radius 3 is 2.14 bits per heavy atom. The van der Waals surface area contributed by atoms with Crippen LogP contribution in [0.25, 0.3) is 0 Å². The molecule has 0 aliphatic heterocycles. The van der Waals surface area contributed by atoms with E-state index in [1.165, 1.54) is 38.5 Å². The summed E-state index contributed by atoms with van der Waals surface area (Å²) in [6.45, 7) is 7.47. The molecule has 2 amide bonds. The number of hydrogen-bond donors (Lipinski definition) is 3. The molecule has 0 aromatic rings. The zero-order valence-electron chi connectivity index (χ0n) is 14.5. The Bertz CT molecular complexity index is 342. The molecule has 0 saturated heterocycles. The van der Waals surface area contributed by atoms with Crippen molar-refractivity contribution in [3.8, 4) is 0 Å². The van der Waals surface area contributed by atoms with E-state index in [4.69, 9.17) is 0 Å². The maximum atomic E-state index is 11.7. The molecule has 0 heterocycles. The Morgan fingerprint density at radius 1 is 0.909 bits per heavy atom. The van der Waals surface area contributed by atoms with Crippen molar-refractivity contribution in [3.05, 3.63) is 0 Å². The molecule has 0 radical (unpaired) electrons. The summed E-state index contributed by atoms with van der Waals surface area (Å²) in [5, 5.41) is 9.21. The second-order valence-corrected chi connectivity index (χ2v) is 7.25. The lowest BCUT2D eigenvalue weighted by atomic mass is 9.96. The first-order valence-electron chi connectivity index (χ1n) is 8.68. The van der Waals surface area contributed by atoms with Gasteiger partial charge in [-0.3, -0.25) is 9.59 Å². The Labute approximate surface area is 135 Å². The minimum atomic E-state index is -0.404. The highest BCUT2D eigenvalue weighted by atomic mass is 16.2. The van der Waals surface area contributed by atoms with Crippen LogP contribution in [0.2, 0.25) is 0 Å². The molecule has 5 nitrogen and oxygen atoms in total. The van der Waals surface area contributed by atoms with E-state index in [9.17, 15) is 9.59 Å². The first-order chi connectivity index (χ1) is 10.4. The standard InChI is InChI=1S/C17H33N3O2/c1-17(2,3)16(22)20-11-10-15(21)19-13-12-18-14-8-6-4-5-7-9-14/h14,18H,4-13H2,1-3H3,(H,19,21)(H,20,22). The number of amides is 2. The molecular weight excluding hydrogens is 278 g/mol. The lowest BCUT2D eigenvalue weighted by molar-refractivity contribution is -0.128. The number of carbonyl (C=O) groups excluding carboxylic acids is 2. The number of nitrogens with one attached hydrogen (secondary N) is 3. The van der Waals surface area contributed by atoms with Crippen molar-refractivity contribution in [2.24, 2.45) is 5.41 Å². The molecule has 3 N–H and O–H groups in total. The molecule has 0 aromatic carbocycles. The largest absolute Gasteiger partial charge is 0.355 e. The van der Waals surface area contributed by atoms with Crippen LogP contribution in [0, 0.1) is 5.41 Å². The minimum Gasteiger partial charge on any atom is -0.355 e. The van der Waals surface area contributed by atoms with Gasteiger partial charge in [-0.05, 0) is 12.8 Å². The smallest absolute Gasteiger partial charge is 0.225 e. The van der Waals surface area contributed by atoms with Crippen molar-refractivity contribution in [1.29, 1.82) is 0 Å². The third-order valence-corrected chi connectivity index (χ3v) is 4.05. The number of rotatable bonds is 7. The van der Waals surface area contributed by atoms with Gasteiger partial charge in [0.1, 0.15) is 0 Å². The molecule has 22 heavy (non-hydrogen) atoms. The van der Waals surface area contributed by atoms with E-state index in [0.29, 0.717) is 25.6 Å². The molecule has 0 atom stereocenters. The van der Waals surface area contributed by atoms with Gasteiger partial charge in [0, 0.05) is 37.5 Å². The topological polar surface area (TPSA) is 70.2 Å². The van der Waals surface area contributed by atoms with Crippen molar-refractivity contribution in [3.63, 3.8) is 0 Å². The fourth-order valence-corrected chi connectivity index (χ4v) is 2.60. The van der Waals surface area contributed by atoms with Gasteiger partial charge in [0.2, 0.25) is 11.8 Å². The molecule has 0 unspecified atom stereocenters. The monoisotopic (exact) mass is 311 g/mol. The number of hydrogen-bond acceptors (Lipinski definition) is 3. The summed E-state index contributed by atoms with van der Waals surface area (Å²) in [5.74, 6) is -0.0211. The summed E-state index contributed by atoms with van der Waals surface area (Å²) in [5.41, 5.74) is -0.404. The first kappa shape index (κ1) is 18.9. The maximum absolute atomic E-state index is 11.7. The predicted molar refractivity (Wildman–Crippen MR) is 89.6 cm³/mol. The molecule has 0 spiro atoms. The van der Waals surface area contributed by atoms with Gasteiger partial charge in [-0.25, -0.2) is 0 Å². The quantitative estimate of drug-likeness (QED) is 0.497. The summed E-state index contributed by atoms with van der Waals surface area (Å²) < 4.78 is 0. The van der Waals surface area contributed by atoms with Crippen LogP contribution >= 0.6 is 0 Å². The lowest BCUT2D eigenvalue weighted by Gasteiger charge is -2.18. The highest BCUT2D eigenvalue weighted by molar-refractivity contribution is 5.82. The first-order valence-corrected chi connectivity index (χ1v) is 8.68. The highest BCUT2D eigenvalue weighted by Gasteiger charge is 2.20. The minimum absolute atomic E-state index is 0.00289. The van der Waals surface area contributed by atoms with Gasteiger partial charge < -0.3 is 16.0 Å². The van der Waals surface area contributed by atoms with Crippen molar-refractivity contribution in [2.75, 3.05) is 19.6 Å². The van der Waals surface area contributed by atoms with E-state index in [0.717, 1.165) is 6.54 Å². The molecule has 5 heteroatoms. The van der Waals surface area contributed by atoms with Crippen molar-refractivity contribution in [1.82, 2.24) is 16.0 Å². The van der Waals surface area contributed by atoms with Crippen LogP contribution in [0.3, 0.4) is 0 Å². The van der Waals surface area contributed by atoms with Gasteiger partial charge in [-0.2, -0.15) is 0 Å². The van der Waals surface area contributed by atoms with E-state index in [2.05, 4.69) is 16.0 Å². The molecular formula is C17H33N3O2. The molecule has 1 rings (SSSR count). The molecule has 1 aliphatic carbocycles. The summed E-state index contributed by atoms with van der Waals surface area (Å²) in [7, 11) is 0. The Kier molecular flexibility index (Phi) is 8.46. The molecule has 0 bridgehead atoms. The molecule has 1 aliphatic rings. The maximum Gasteiger partial charge on any atom is 0.225 e. The van der Waals surface area contributed by atoms with Crippen LogP contribution in [0.15, 0.2) is 0 Å². The van der Waals surface area contributed by atoms with E-state index >= 15 is 0 Å². The third-order valence-electron chi connectivity index (χ3n) is 4.05. The van der Waals surface area contributed by atoms with Gasteiger partial charge in [0.15, 0.2) is 0 Å². The van der Waals surface area contributed by atoms with Crippen LogP contribution in [0.5, 0.6) is 0 Å².